The van der Waals surface area contributed by atoms with Gasteiger partial charge in [0, 0.05) is 11.1 Å². The molecule has 2 aromatic rings. The maximum atomic E-state index is 13.3. The van der Waals surface area contributed by atoms with Crippen LogP contribution in [0.3, 0.4) is 0 Å². The van der Waals surface area contributed by atoms with Crippen molar-refractivity contribution in [1.82, 2.24) is 0 Å². The molecule has 94 valence electrons. The smallest absolute Gasteiger partial charge is 0.256 e. The van der Waals surface area contributed by atoms with Crippen LogP contribution in [-0.2, 0) is 0 Å². The van der Waals surface area contributed by atoms with Crippen LogP contribution in [0.4, 0.5) is 10.1 Å². The number of hydrogen-bond donors (Lipinski definition) is 1. The summed E-state index contributed by atoms with van der Waals surface area (Å²) in [6, 6.07) is 4.68. The molecule has 0 spiro atoms. The highest BCUT2D eigenvalue weighted by molar-refractivity contribution is 9.11. The second kappa shape index (κ2) is 5.50. The van der Waals surface area contributed by atoms with E-state index in [4.69, 9.17) is 0 Å². The lowest BCUT2D eigenvalue weighted by Crippen LogP contribution is -2.12. The molecule has 18 heavy (non-hydrogen) atoms. The van der Waals surface area contributed by atoms with Gasteiger partial charge in [0.2, 0.25) is 0 Å². The summed E-state index contributed by atoms with van der Waals surface area (Å²) in [6.07, 6.45) is 0. The normalized spacial score (nSPS) is 10.4. The third kappa shape index (κ3) is 2.99. The van der Waals surface area contributed by atoms with E-state index in [0.717, 1.165) is 3.79 Å². The predicted molar refractivity (Wildman–Crippen MR) is 78.8 cm³/mol. The van der Waals surface area contributed by atoms with Gasteiger partial charge in [0.25, 0.3) is 5.91 Å². The number of carbonyl (C=O) groups excluding carboxylic acids is 1. The third-order valence-corrected chi connectivity index (χ3v) is 4.46. The average Bonchev–Trinajstić information content (AvgIpc) is 2.73. The molecule has 0 atom stereocenters. The summed E-state index contributed by atoms with van der Waals surface area (Å²) in [7, 11) is 0. The minimum absolute atomic E-state index is 0.210. The minimum atomic E-state index is -0.344. The topological polar surface area (TPSA) is 29.1 Å². The van der Waals surface area contributed by atoms with Crippen LogP contribution < -0.4 is 5.32 Å². The first-order chi connectivity index (χ1) is 8.47. The van der Waals surface area contributed by atoms with E-state index in [9.17, 15) is 9.18 Å². The molecule has 2 nitrogen and oxygen atoms in total. The Hall–Kier alpha value is -0.720. The van der Waals surface area contributed by atoms with Gasteiger partial charge in [-0.05, 0) is 62.5 Å². The number of carbonyl (C=O) groups is 1. The zero-order valence-corrected chi connectivity index (χ0v) is 13.2. The molecule has 1 aromatic carbocycles. The number of amides is 1. The molecule has 0 fully saturated rings. The van der Waals surface area contributed by atoms with Gasteiger partial charge in [-0.25, -0.2) is 4.39 Å². The van der Waals surface area contributed by atoms with Crippen LogP contribution in [0.5, 0.6) is 0 Å². The van der Waals surface area contributed by atoms with E-state index in [-0.39, 0.29) is 11.7 Å². The molecule has 0 aliphatic heterocycles. The van der Waals surface area contributed by atoms with Crippen molar-refractivity contribution in [3.63, 3.8) is 0 Å². The van der Waals surface area contributed by atoms with Gasteiger partial charge in [-0.3, -0.25) is 4.79 Å². The summed E-state index contributed by atoms with van der Waals surface area (Å²) in [5.41, 5.74) is 1.85. The molecule has 1 N–H and O–H groups in total. The molecule has 0 aliphatic rings. The molecule has 0 unspecified atom stereocenters. The van der Waals surface area contributed by atoms with Crippen LogP contribution >= 0.6 is 43.2 Å². The summed E-state index contributed by atoms with van der Waals surface area (Å²) in [5, 5.41) is 4.52. The number of nitrogens with one attached hydrogen (secondary N) is 1. The van der Waals surface area contributed by atoms with Gasteiger partial charge in [-0.1, -0.05) is 0 Å². The predicted octanol–water partition coefficient (Wildman–Crippen LogP) is 4.97. The Morgan fingerprint density at radius 2 is 2.06 bits per heavy atom. The zero-order chi connectivity index (χ0) is 13.3. The average molecular weight is 393 g/mol. The number of hydrogen-bond acceptors (Lipinski definition) is 2. The van der Waals surface area contributed by atoms with Gasteiger partial charge in [-0.2, -0.15) is 0 Å². The van der Waals surface area contributed by atoms with Crippen molar-refractivity contribution in [3.05, 3.63) is 48.8 Å². The van der Waals surface area contributed by atoms with Gasteiger partial charge in [0.15, 0.2) is 0 Å². The number of thiophene rings is 1. The molecular weight excluding hydrogens is 385 g/mol. The van der Waals surface area contributed by atoms with E-state index in [1.807, 2.05) is 0 Å². The summed E-state index contributed by atoms with van der Waals surface area (Å²) in [6.45, 7) is 1.74. The third-order valence-electron chi connectivity index (χ3n) is 2.35. The van der Waals surface area contributed by atoms with E-state index < -0.39 is 0 Å². The van der Waals surface area contributed by atoms with Crippen LogP contribution in [0.1, 0.15) is 15.9 Å². The molecule has 1 heterocycles. The molecule has 0 bridgehead atoms. The van der Waals surface area contributed by atoms with Gasteiger partial charge >= 0.3 is 0 Å². The maximum absolute atomic E-state index is 13.3. The van der Waals surface area contributed by atoms with Crippen LogP contribution in [0.25, 0.3) is 0 Å². The Morgan fingerprint density at radius 3 is 2.67 bits per heavy atom. The summed E-state index contributed by atoms with van der Waals surface area (Å²) >= 11 is 7.84. The monoisotopic (exact) mass is 391 g/mol. The lowest BCUT2D eigenvalue weighted by atomic mass is 10.2. The van der Waals surface area contributed by atoms with Crippen molar-refractivity contribution in [3.8, 4) is 0 Å². The van der Waals surface area contributed by atoms with Crippen molar-refractivity contribution in [2.75, 3.05) is 5.32 Å². The first kappa shape index (κ1) is 13.7. The van der Waals surface area contributed by atoms with Crippen LogP contribution in [0, 0.1) is 12.7 Å². The number of anilines is 1. The van der Waals surface area contributed by atoms with E-state index in [2.05, 4.69) is 37.2 Å². The van der Waals surface area contributed by atoms with Crippen LogP contribution in [0.2, 0.25) is 0 Å². The number of rotatable bonds is 2. The summed E-state index contributed by atoms with van der Waals surface area (Å²) in [5.74, 6) is -0.553. The van der Waals surface area contributed by atoms with E-state index >= 15 is 0 Å². The quantitative estimate of drug-likeness (QED) is 0.767. The highest BCUT2D eigenvalue weighted by atomic mass is 79.9. The Bertz CT molecular complexity index is 612. The molecule has 1 amide bonds. The molecule has 0 saturated heterocycles. The van der Waals surface area contributed by atoms with Crippen LogP contribution in [0.15, 0.2) is 31.8 Å². The highest BCUT2D eigenvalue weighted by Crippen LogP contribution is 2.26. The number of benzene rings is 1. The minimum Gasteiger partial charge on any atom is -0.322 e. The SMILES string of the molecule is Cc1cc(F)c(Br)cc1NC(=O)c1csc(Br)c1. The van der Waals surface area contributed by atoms with E-state index in [1.165, 1.54) is 17.4 Å². The van der Waals surface area contributed by atoms with E-state index in [0.29, 0.717) is 21.3 Å². The number of halogens is 3. The van der Waals surface area contributed by atoms with E-state index in [1.54, 1.807) is 24.4 Å². The Labute approximate surface area is 124 Å². The Kier molecular flexibility index (Phi) is 4.19. The largest absolute Gasteiger partial charge is 0.322 e. The fourth-order valence-corrected chi connectivity index (χ4v) is 2.88. The lowest BCUT2D eigenvalue weighted by molar-refractivity contribution is 0.102. The summed E-state index contributed by atoms with van der Waals surface area (Å²) in [4.78, 5) is 11.9. The van der Waals surface area contributed by atoms with Crippen molar-refractivity contribution >= 4 is 54.8 Å². The molecule has 0 saturated carbocycles. The first-order valence-corrected chi connectivity index (χ1v) is 7.45. The van der Waals surface area contributed by atoms with Crippen molar-refractivity contribution in [1.29, 1.82) is 0 Å². The second-order valence-corrected chi connectivity index (χ2v) is 6.82. The molecule has 0 aliphatic carbocycles. The molecular formula is C12H8Br2FNOS. The van der Waals surface area contributed by atoms with Gasteiger partial charge < -0.3 is 5.32 Å². The van der Waals surface area contributed by atoms with Crippen LogP contribution in [-0.4, -0.2) is 5.91 Å². The standard InChI is InChI=1S/C12H8Br2FNOS/c1-6-2-9(15)8(13)4-10(6)16-12(17)7-3-11(14)18-5-7/h2-5H,1H3,(H,16,17). The van der Waals surface area contributed by atoms with Crippen molar-refractivity contribution in [2.45, 2.75) is 6.92 Å². The Morgan fingerprint density at radius 1 is 1.33 bits per heavy atom. The van der Waals surface area contributed by atoms with Crippen molar-refractivity contribution in [2.24, 2.45) is 0 Å². The molecule has 0 radical (unpaired) electrons. The molecule has 1 aromatic heterocycles. The molecule has 2 rings (SSSR count). The second-order valence-electron chi connectivity index (χ2n) is 3.67. The van der Waals surface area contributed by atoms with Crippen molar-refractivity contribution < 1.29 is 9.18 Å². The first-order valence-electron chi connectivity index (χ1n) is 4.98. The van der Waals surface area contributed by atoms with Gasteiger partial charge in [0.1, 0.15) is 5.82 Å². The highest BCUT2D eigenvalue weighted by Gasteiger charge is 2.11. The summed E-state index contributed by atoms with van der Waals surface area (Å²) < 4.78 is 14.5. The maximum Gasteiger partial charge on any atom is 0.256 e. The zero-order valence-electron chi connectivity index (χ0n) is 9.26. The fraction of sp³-hybridized carbons (Fsp3) is 0.0833. The molecule has 6 heteroatoms. The Balaban J connectivity index is 2.24. The van der Waals surface area contributed by atoms with Gasteiger partial charge in [0.05, 0.1) is 13.8 Å². The van der Waals surface area contributed by atoms with Gasteiger partial charge in [-0.15, -0.1) is 11.3 Å². The lowest BCUT2D eigenvalue weighted by Gasteiger charge is -2.08. The fourth-order valence-electron chi connectivity index (χ4n) is 1.40. The number of aryl methyl sites for hydroxylation is 1.